The van der Waals surface area contributed by atoms with E-state index in [-0.39, 0.29) is 11.6 Å². The predicted molar refractivity (Wildman–Crippen MR) is 97.8 cm³/mol. The van der Waals surface area contributed by atoms with Crippen molar-refractivity contribution in [2.24, 2.45) is 0 Å². The van der Waals surface area contributed by atoms with E-state index < -0.39 is 5.23 Å². The minimum Gasteiger partial charge on any atom is -0.595 e. The summed E-state index contributed by atoms with van der Waals surface area (Å²) in [6, 6.07) is 18.0. The van der Waals surface area contributed by atoms with Gasteiger partial charge < -0.3 is 18.5 Å². The number of benzene rings is 1. The van der Waals surface area contributed by atoms with Crippen molar-refractivity contribution >= 4 is 5.69 Å². The molecule has 1 unspecified atom stereocenters. The summed E-state index contributed by atoms with van der Waals surface area (Å²) in [5.41, 5.74) is 1.04. The van der Waals surface area contributed by atoms with Crippen molar-refractivity contribution in [2.75, 3.05) is 0 Å². The fourth-order valence-corrected chi connectivity index (χ4v) is 3.08. The van der Waals surface area contributed by atoms with E-state index in [1.54, 1.807) is 24.3 Å². The van der Waals surface area contributed by atoms with Gasteiger partial charge >= 0.3 is 0 Å². The third-order valence-corrected chi connectivity index (χ3v) is 4.42. The van der Waals surface area contributed by atoms with Gasteiger partial charge in [-0.05, 0) is 62.4 Å². The average Bonchev–Trinajstić information content (AvgIpc) is 3.38. The number of rotatable bonds is 5. The summed E-state index contributed by atoms with van der Waals surface area (Å²) in [7, 11) is 0. The number of quaternary nitrogens is 1. The Kier molecular flexibility index (Phi) is 4.45. The molecule has 0 spiro atoms. The van der Waals surface area contributed by atoms with E-state index in [2.05, 4.69) is 0 Å². The Hall–Kier alpha value is -3.06. The third kappa shape index (κ3) is 3.46. The highest BCUT2D eigenvalue weighted by Crippen LogP contribution is 2.36. The highest BCUT2D eigenvalue weighted by atomic mass is 16.8. The minimum absolute atomic E-state index is 0.237. The Morgan fingerprint density at radius 3 is 1.74 bits per heavy atom. The molecular weight excluding hydrogens is 346 g/mol. The second-order valence-electron chi connectivity index (χ2n) is 6.41. The first-order chi connectivity index (χ1) is 13.0. The Labute approximate surface area is 155 Å². The van der Waals surface area contributed by atoms with Crippen LogP contribution in [0.15, 0.2) is 73.9 Å². The Balaban J connectivity index is 1.71. The molecule has 3 aromatic heterocycles. The molecule has 1 aromatic carbocycles. The molecule has 3 heterocycles. The van der Waals surface area contributed by atoms with E-state index in [1.165, 1.54) is 0 Å². The Morgan fingerprint density at radius 1 is 0.741 bits per heavy atom. The molecule has 0 aliphatic heterocycles. The highest BCUT2D eigenvalue weighted by Gasteiger charge is 2.26. The lowest BCUT2D eigenvalue weighted by atomic mass is 10.0. The van der Waals surface area contributed by atoms with Crippen molar-refractivity contribution in [2.45, 2.75) is 19.8 Å². The monoisotopic (exact) mass is 365 g/mol. The molecule has 0 fully saturated rings. The van der Waals surface area contributed by atoms with Crippen LogP contribution in [-0.2, 0) is 0 Å². The summed E-state index contributed by atoms with van der Waals surface area (Å²) >= 11 is 0. The van der Waals surface area contributed by atoms with Crippen LogP contribution in [0.2, 0.25) is 0 Å². The topological polar surface area (TPSA) is 87.2 Å². The van der Waals surface area contributed by atoms with E-state index in [0.29, 0.717) is 11.5 Å². The summed E-state index contributed by atoms with van der Waals surface area (Å²) < 4.78 is 17.8. The van der Waals surface area contributed by atoms with E-state index in [4.69, 9.17) is 18.5 Å². The molecule has 4 rings (SSSR count). The molecule has 0 saturated heterocycles. The Bertz CT molecular complexity index is 998. The molecule has 0 saturated carbocycles. The zero-order valence-corrected chi connectivity index (χ0v) is 14.9. The van der Waals surface area contributed by atoms with Crippen molar-refractivity contribution in [1.82, 2.24) is 0 Å². The largest absolute Gasteiger partial charge is 0.595 e. The maximum absolute atomic E-state index is 11.0. The Morgan fingerprint density at radius 2 is 1.26 bits per heavy atom. The zero-order chi connectivity index (χ0) is 19.0. The lowest BCUT2D eigenvalue weighted by molar-refractivity contribution is -0.991. The van der Waals surface area contributed by atoms with Gasteiger partial charge in [-0.15, -0.1) is 0 Å². The molecule has 6 nitrogen and oxygen atoms in total. The smallest absolute Gasteiger partial charge is 0.163 e. The fraction of sp³-hybridized carbons (Fsp3) is 0.143. The van der Waals surface area contributed by atoms with Crippen LogP contribution < -0.4 is 5.23 Å². The van der Waals surface area contributed by atoms with Crippen LogP contribution in [0, 0.1) is 19.1 Å². The number of nitrogens with one attached hydrogen (secondary N) is 1. The molecule has 0 radical (unpaired) electrons. The fourth-order valence-electron chi connectivity index (χ4n) is 3.08. The first-order valence-corrected chi connectivity index (χ1v) is 8.57. The SMILES string of the molecule is Cc1ccc(C(c2ccc(C)o2)c2ccc(-c3ccc([NH+]([O-])O)cc3)o2)o1. The molecule has 0 aliphatic rings. The summed E-state index contributed by atoms with van der Waals surface area (Å²) in [6.07, 6.45) is 0. The predicted octanol–water partition coefficient (Wildman–Crippen LogP) is 4.33. The van der Waals surface area contributed by atoms with E-state index >= 15 is 0 Å². The normalized spacial score (nSPS) is 12.6. The van der Waals surface area contributed by atoms with Gasteiger partial charge in [-0.1, -0.05) is 0 Å². The second-order valence-corrected chi connectivity index (χ2v) is 6.41. The van der Waals surface area contributed by atoms with Crippen molar-refractivity contribution in [3.8, 4) is 11.3 Å². The molecule has 27 heavy (non-hydrogen) atoms. The van der Waals surface area contributed by atoms with Gasteiger partial charge in [0.25, 0.3) is 0 Å². The molecule has 6 heteroatoms. The van der Waals surface area contributed by atoms with Crippen molar-refractivity contribution in [3.63, 3.8) is 0 Å². The van der Waals surface area contributed by atoms with Crippen molar-refractivity contribution < 1.29 is 23.7 Å². The van der Waals surface area contributed by atoms with E-state index in [1.807, 2.05) is 50.2 Å². The maximum Gasteiger partial charge on any atom is 0.163 e. The molecule has 2 N–H and O–H groups in total. The first kappa shape index (κ1) is 17.4. The third-order valence-electron chi connectivity index (χ3n) is 4.42. The van der Waals surface area contributed by atoms with Gasteiger partial charge in [-0.2, -0.15) is 5.23 Å². The number of hydrogen-bond acceptors (Lipinski definition) is 5. The quantitative estimate of drug-likeness (QED) is 0.514. The van der Waals surface area contributed by atoms with E-state index in [9.17, 15) is 5.21 Å². The zero-order valence-electron chi connectivity index (χ0n) is 14.9. The minimum atomic E-state index is -0.955. The molecule has 0 amide bonds. The van der Waals surface area contributed by atoms with Crippen LogP contribution in [0.1, 0.15) is 34.7 Å². The average molecular weight is 365 g/mol. The van der Waals surface area contributed by atoms with Crippen molar-refractivity contribution in [1.29, 1.82) is 0 Å². The van der Waals surface area contributed by atoms with Gasteiger partial charge in [-0.25, -0.2) is 5.21 Å². The molecule has 4 aromatic rings. The summed E-state index contributed by atoms with van der Waals surface area (Å²) in [6.45, 7) is 3.79. The first-order valence-electron chi connectivity index (χ1n) is 8.57. The maximum atomic E-state index is 11.0. The number of aryl methyl sites for hydroxylation is 2. The van der Waals surface area contributed by atoms with Gasteiger partial charge in [0, 0.05) is 17.7 Å². The summed E-state index contributed by atoms with van der Waals surface area (Å²) in [5.74, 6) is 4.16. The van der Waals surface area contributed by atoms with E-state index in [0.717, 1.165) is 28.6 Å². The standard InChI is InChI=1S/C21H19NO5/c1-13-3-9-18(25-13)21(19-10-4-14(2)26-19)20-12-11-17(27-20)15-5-7-16(8-6-15)22(23)24/h3-12,21-23H,1-2H3. The lowest BCUT2D eigenvalue weighted by Gasteiger charge is -2.11. The van der Waals surface area contributed by atoms with Crippen molar-refractivity contribution in [3.05, 3.63) is 94.7 Å². The van der Waals surface area contributed by atoms with Gasteiger partial charge in [0.05, 0.1) is 0 Å². The van der Waals surface area contributed by atoms with Gasteiger partial charge in [-0.3, -0.25) is 0 Å². The summed E-state index contributed by atoms with van der Waals surface area (Å²) in [5, 5.41) is 19.1. The molecule has 138 valence electrons. The molecule has 0 aliphatic carbocycles. The highest BCUT2D eigenvalue weighted by molar-refractivity contribution is 5.60. The van der Waals surface area contributed by atoms with Crippen LogP contribution in [0.3, 0.4) is 0 Å². The van der Waals surface area contributed by atoms with Gasteiger partial charge in [0.1, 0.15) is 40.5 Å². The lowest BCUT2D eigenvalue weighted by Crippen LogP contribution is -2.99. The second kappa shape index (κ2) is 6.92. The van der Waals surface area contributed by atoms with Crippen LogP contribution >= 0.6 is 0 Å². The van der Waals surface area contributed by atoms with Crippen LogP contribution in [0.25, 0.3) is 11.3 Å². The molecular formula is C21H19NO5. The molecule has 1 atom stereocenters. The van der Waals surface area contributed by atoms with Crippen LogP contribution in [0.4, 0.5) is 5.69 Å². The number of hydrogen-bond donors (Lipinski definition) is 2. The number of furan rings is 3. The van der Waals surface area contributed by atoms with Gasteiger partial charge in [0.15, 0.2) is 5.69 Å². The van der Waals surface area contributed by atoms with Gasteiger partial charge in [0.2, 0.25) is 0 Å². The van der Waals surface area contributed by atoms with Crippen LogP contribution in [-0.4, -0.2) is 5.21 Å². The van der Waals surface area contributed by atoms with Crippen LogP contribution in [0.5, 0.6) is 0 Å². The molecule has 0 bridgehead atoms. The summed E-state index contributed by atoms with van der Waals surface area (Å²) in [4.78, 5) is 0.